The molecule has 0 aliphatic heterocycles. The van der Waals surface area contributed by atoms with Crippen molar-refractivity contribution < 1.29 is 18.0 Å². The van der Waals surface area contributed by atoms with Crippen LogP contribution >= 0.6 is 23.2 Å². The van der Waals surface area contributed by atoms with E-state index in [1.807, 2.05) is 13.0 Å². The van der Waals surface area contributed by atoms with E-state index >= 15 is 0 Å². The summed E-state index contributed by atoms with van der Waals surface area (Å²) >= 11 is 12.6. The third-order valence-corrected chi connectivity index (χ3v) is 9.59. The Bertz CT molecular complexity index is 1460. The van der Waals surface area contributed by atoms with Gasteiger partial charge in [-0.2, -0.15) is 0 Å². The average molecular weight is 603 g/mol. The van der Waals surface area contributed by atoms with Crippen molar-refractivity contribution in [3.8, 4) is 0 Å². The van der Waals surface area contributed by atoms with Gasteiger partial charge in [0.25, 0.3) is 10.0 Å². The molecule has 212 valence electrons. The lowest BCUT2D eigenvalue weighted by atomic mass is 10.1. The second kappa shape index (κ2) is 13.1. The van der Waals surface area contributed by atoms with Crippen LogP contribution in [0.2, 0.25) is 10.0 Å². The molecule has 1 fully saturated rings. The van der Waals surface area contributed by atoms with Crippen LogP contribution in [0.5, 0.6) is 0 Å². The smallest absolute Gasteiger partial charge is 0.264 e. The summed E-state index contributed by atoms with van der Waals surface area (Å²) in [5.41, 5.74) is 1.74. The number of nitrogens with one attached hydrogen (secondary N) is 1. The summed E-state index contributed by atoms with van der Waals surface area (Å²) < 4.78 is 28.7. The summed E-state index contributed by atoms with van der Waals surface area (Å²) in [7, 11) is -4.15. The number of amides is 2. The molecular formula is C30H33Cl2N3O4S. The SMILES string of the molecule is Cc1ccc(N(CC(=O)N(Cc2cccc(Cl)c2)[C@@H](C)C(=O)NC2CCCC2)S(=O)(=O)c2ccccc2)cc1Cl. The van der Waals surface area contributed by atoms with Crippen molar-refractivity contribution >= 4 is 50.7 Å². The molecule has 0 unspecified atom stereocenters. The van der Waals surface area contributed by atoms with Crippen molar-refractivity contribution in [2.45, 2.75) is 63.1 Å². The summed E-state index contributed by atoms with van der Waals surface area (Å²) in [5.74, 6) is -0.816. The standard InChI is InChI=1S/C30H33Cl2N3O4S/c1-21-15-16-26(18-28(21)32)35(40(38,39)27-13-4-3-5-14-27)20-29(36)34(19-23-9-8-10-24(31)17-23)22(2)30(37)33-25-11-6-7-12-25/h3-5,8-10,13-18,22,25H,6-7,11-12,19-20H2,1-2H3,(H,33,37)/t22-/m0/s1. The highest BCUT2D eigenvalue weighted by molar-refractivity contribution is 7.92. The Morgan fingerprint density at radius 3 is 2.33 bits per heavy atom. The van der Waals surface area contributed by atoms with Crippen LogP contribution < -0.4 is 9.62 Å². The molecule has 0 radical (unpaired) electrons. The van der Waals surface area contributed by atoms with Gasteiger partial charge in [0, 0.05) is 22.6 Å². The molecular weight excluding hydrogens is 569 g/mol. The van der Waals surface area contributed by atoms with Gasteiger partial charge in [-0.3, -0.25) is 13.9 Å². The van der Waals surface area contributed by atoms with Gasteiger partial charge in [0.1, 0.15) is 12.6 Å². The van der Waals surface area contributed by atoms with Gasteiger partial charge >= 0.3 is 0 Å². The maximum Gasteiger partial charge on any atom is 0.264 e. The zero-order chi connectivity index (χ0) is 28.9. The molecule has 1 aliphatic rings. The molecule has 0 heterocycles. The first-order valence-corrected chi connectivity index (χ1v) is 15.4. The number of rotatable bonds is 10. The van der Waals surface area contributed by atoms with Gasteiger partial charge in [-0.15, -0.1) is 0 Å². The maximum atomic E-state index is 14.0. The van der Waals surface area contributed by atoms with Gasteiger partial charge in [-0.1, -0.05) is 72.4 Å². The molecule has 3 aromatic carbocycles. The molecule has 1 aliphatic carbocycles. The van der Waals surface area contributed by atoms with Crippen LogP contribution in [-0.4, -0.2) is 43.8 Å². The lowest BCUT2D eigenvalue weighted by molar-refractivity contribution is -0.139. The molecule has 40 heavy (non-hydrogen) atoms. The fourth-order valence-corrected chi connectivity index (χ4v) is 6.61. The quantitative estimate of drug-likeness (QED) is 0.310. The van der Waals surface area contributed by atoms with E-state index in [1.54, 1.807) is 55.5 Å². The first-order chi connectivity index (χ1) is 19.1. The molecule has 2 amide bonds. The molecule has 0 aromatic heterocycles. The van der Waals surface area contributed by atoms with E-state index in [2.05, 4.69) is 5.32 Å². The predicted molar refractivity (Wildman–Crippen MR) is 159 cm³/mol. The summed E-state index contributed by atoms with van der Waals surface area (Å²) in [6.07, 6.45) is 3.90. The number of carbonyl (C=O) groups is 2. The lowest BCUT2D eigenvalue weighted by Crippen LogP contribution is -2.52. The van der Waals surface area contributed by atoms with E-state index < -0.39 is 28.5 Å². The first-order valence-electron chi connectivity index (χ1n) is 13.2. The van der Waals surface area contributed by atoms with Crippen LogP contribution in [0.4, 0.5) is 5.69 Å². The largest absolute Gasteiger partial charge is 0.352 e. The van der Waals surface area contributed by atoms with Gasteiger partial charge < -0.3 is 10.2 Å². The number of aryl methyl sites for hydroxylation is 1. The van der Waals surface area contributed by atoms with Crippen LogP contribution in [0.1, 0.15) is 43.7 Å². The Labute approximate surface area is 246 Å². The Morgan fingerprint density at radius 2 is 1.68 bits per heavy atom. The van der Waals surface area contributed by atoms with Crippen molar-refractivity contribution in [2.75, 3.05) is 10.8 Å². The summed E-state index contributed by atoms with van der Waals surface area (Å²) in [6, 6.07) is 19.0. The summed E-state index contributed by atoms with van der Waals surface area (Å²) in [5, 5.41) is 3.93. The van der Waals surface area contributed by atoms with Gasteiger partial charge in [-0.25, -0.2) is 8.42 Å². The lowest BCUT2D eigenvalue weighted by Gasteiger charge is -2.32. The van der Waals surface area contributed by atoms with Crippen molar-refractivity contribution in [2.24, 2.45) is 0 Å². The predicted octanol–water partition coefficient (Wildman–Crippen LogP) is 5.97. The molecule has 1 saturated carbocycles. The zero-order valence-corrected chi connectivity index (χ0v) is 24.8. The number of nitrogens with zero attached hydrogens (tertiary/aromatic N) is 2. The van der Waals surface area contributed by atoms with Crippen molar-refractivity contribution in [3.05, 3.63) is 94.0 Å². The highest BCUT2D eigenvalue weighted by Crippen LogP contribution is 2.29. The van der Waals surface area contributed by atoms with Crippen LogP contribution in [0.25, 0.3) is 0 Å². The summed E-state index contributed by atoms with van der Waals surface area (Å²) in [4.78, 5) is 28.7. The molecule has 10 heteroatoms. The molecule has 0 bridgehead atoms. The minimum atomic E-state index is -4.15. The Hall–Kier alpha value is -3.07. The van der Waals surface area contributed by atoms with Gasteiger partial charge in [0.2, 0.25) is 11.8 Å². The molecule has 0 saturated heterocycles. The highest BCUT2D eigenvalue weighted by atomic mass is 35.5. The number of halogens is 2. The number of sulfonamides is 1. The molecule has 1 N–H and O–H groups in total. The van der Waals surface area contributed by atoms with E-state index in [9.17, 15) is 18.0 Å². The topological polar surface area (TPSA) is 86.8 Å². The number of anilines is 1. The van der Waals surface area contributed by atoms with Gasteiger partial charge in [-0.05, 0) is 74.2 Å². The third-order valence-electron chi connectivity index (χ3n) is 7.16. The van der Waals surface area contributed by atoms with E-state index in [0.717, 1.165) is 41.1 Å². The second-order valence-corrected chi connectivity index (χ2v) is 12.8. The van der Waals surface area contributed by atoms with Gasteiger partial charge in [0.15, 0.2) is 0 Å². The van der Waals surface area contributed by atoms with Crippen molar-refractivity contribution in [1.82, 2.24) is 10.2 Å². The zero-order valence-electron chi connectivity index (χ0n) is 22.5. The number of carbonyl (C=O) groups excluding carboxylic acids is 2. The Kier molecular flexibility index (Phi) is 9.77. The molecule has 0 spiro atoms. The number of hydrogen-bond acceptors (Lipinski definition) is 4. The van der Waals surface area contributed by atoms with E-state index in [4.69, 9.17) is 23.2 Å². The molecule has 7 nitrogen and oxygen atoms in total. The molecule has 3 aromatic rings. The van der Waals surface area contributed by atoms with E-state index in [0.29, 0.717) is 10.0 Å². The molecule has 4 rings (SSSR count). The second-order valence-electron chi connectivity index (χ2n) is 10.1. The number of benzene rings is 3. The monoisotopic (exact) mass is 601 g/mol. The normalized spacial score (nSPS) is 14.5. The van der Waals surface area contributed by atoms with E-state index in [-0.39, 0.29) is 29.1 Å². The third kappa shape index (κ3) is 7.16. The van der Waals surface area contributed by atoms with Crippen molar-refractivity contribution in [3.63, 3.8) is 0 Å². The van der Waals surface area contributed by atoms with Crippen molar-refractivity contribution in [1.29, 1.82) is 0 Å². The van der Waals surface area contributed by atoms with Crippen LogP contribution in [0.3, 0.4) is 0 Å². The first kappa shape index (κ1) is 29.9. The highest BCUT2D eigenvalue weighted by Gasteiger charge is 2.33. The summed E-state index contributed by atoms with van der Waals surface area (Å²) in [6.45, 7) is 3.01. The minimum absolute atomic E-state index is 0.0351. The fraction of sp³-hybridized carbons (Fsp3) is 0.333. The van der Waals surface area contributed by atoms with Crippen LogP contribution in [0, 0.1) is 6.92 Å². The van der Waals surface area contributed by atoms with Gasteiger partial charge in [0.05, 0.1) is 10.6 Å². The molecule has 1 atom stereocenters. The van der Waals surface area contributed by atoms with Crippen LogP contribution in [-0.2, 0) is 26.2 Å². The van der Waals surface area contributed by atoms with Crippen LogP contribution in [0.15, 0.2) is 77.7 Å². The van der Waals surface area contributed by atoms with E-state index in [1.165, 1.54) is 23.1 Å². The average Bonchev–Trinajstić information content (AvgIpc) is 3.45. The maximum absolute atomic E-state index is 14.0. The minimum Gasteiger partial charge on any atom is -0.352 e. The fourth-order valence-electron chi connectivity index (χ4n) is 4.79. The Morgan fingerprint density at radius 1 is 0.975 bits per heavy atom. The Balaban J connectivity index is 1.69. The number of hydrogen-bond donors (Lipinski definition) is 1.